The first-order chi connectivity index (χ1) is 14.5. The minimum absolute atomic E-state index is 0.142. The lowest BCUT2D eigenvalue weighted by molar-refractivity contribution is 0.0996. The summed E-state index contributed by atoms with van der Waals surface area (Å²) < 4.78 is 5.29. The van der Waals surface area contributed by atoms with E-state index in [1.165, 1.54) is 47.1 Å². The van der Waals surface area contributed by atoms with Crippen LogP contribution in [0, 0.1) is 6.92 Å². The van der Waals surface area contributed by atoms with Crippen molar-refractivity contribution in [3.05, 3.63) is 76.1 Å². The second kappa shape index (κ2) is 9.19. The molecule has 0 bridgehead atoms. The monoisotopic (exact) mass is 422 g/mol. The van der Waals surface area contributed by atoms with Crippen LogP contribution >= 0.6 is 11.3 Å². The molecule has 3 aromatic rings. The van der Waals surface area contributed by atoms with E-state index in [0.29, 0.717) is 11.7 Å². The average Bonchev–Trinajstić information content (AvgIpc) is 3.40. The standard InChI is InChI=1S/C25H30N2O2S/c1-17(2)19-9-11-20(12-10-19)23(27-13-5-4-6-14-27)21-16-18(3)30-25(21)26-24(28)22-8-7-15-29-22/h7-12,15-17,23H,4-6,13-14H2,1-3H3,(H,26,28)/t23-/m1/s1. The summed E-state index contributed by atoms with van der Waals surface area (Å²) in [5.41, 5.74) is 3.81. The number of aryl methyl sites for hydroxylation is 1. The summed E-state index contributed by atoms with van der Waals surface area (Å²) >= 11 is 1.63. The van der Waals surface area contributed by atoms with Crippen LogP contribution in [0.3, 0.4) is 0 Å². The molecule has 30 heavy (non-hydrogen) atoms. The predicted octanol–water partition coefficient (Wildman–Crippen LogP) is 6.60. The number of anilines is 1. The number of carbonyl (C=O) groups excluding carboxylic acids is 1. The zero-order valence-electron chi connectivity index (χ0n) is 18.0. The summed E-state index contributed by atoms with van der Waals surface area (Å²) in [6, 6.07) is 14.8. The fraction of sp³-hybridized carbons (Fsp3) is 0.400. The minimum atomic E-state index is -0.198. The van der Waals surface area contributed by atoms with Gasteiger partial charge < -0.3 is 9.73 Å². The number of thiophene rings is 1. The predicted molar refractivity (Wildman–Crippen MR) is 124 cm³/mol. The van der Waals surface area contributed by atoms with Gasteiger partial charge in [-0.2, -0.15) is 0 Å². The van der Waals surface area contributed by atoms with Gasteiger partial charge in [0, 0.05) is 10.4 Å². The fourth-order valence-corrected chi connectivity index (χ4v) is 5.17. The van der Waals surface area contributed by atoms with Crippen LogP contribution in [0.2, 0.25) is 0 Å². The van der Waals surface area contributed by atoms with E-state index in [1.807, 2.05) is 0 Å². The summed E-state index contributed by atoms with van der Waals surface area (Å²) in [4.78, 5) is 16.4. The molecule has 1 N–H and O–H groups in total. The molecule has 1 amide bonds. The number of likely N-dealkylation sites (tertiary alicyclic amines) is 1. The van der Waals surface area contributed by atoms with Crippen molar-refractivity contribution in [2.24, 2.45) is 0 Å². The Balaban J connectivity index is 1.71. The number of benzene rings is 1. The Bertz CT molecular complexity index is 967. The molecule has 5 heteroatoms. The number of hydrogen-bond donors (Lipinski definition) is 1. The highest BCUT2D eigenvalue weighted by molar-refractivity contribution is 7.16. The molecule has 158 valence electrons. The minimum Gasteiger partial charge on any atom is -0.459 e. The summed E-state index contributed by atoms with van der Waals surface area (Å²) in [5.74, 6) is 0.650. The van der Waals surface area contributed by atoms with Crippen molar-refractivity contribution >= 4 is 22.2 Å². The molecule has 1 atom stereocenters. The highest BCUT2D eigenvalue weighted by Crippen LogP contribution is 2.40. The fourth-order valence-electron chi connectivity index (χ4n) is 4.23. The highest BCUT2D eigenvalue weighted by Gasteiger charge is 2.28. The van der Waals surface area contributed by atoms with Crippen LogP contribution in [0.25, 0.3) is 0 Å². The van der Waals surface area contributed by atoms with Crippen LogP contribution in [0.15, 0.2) is 53.1 Å². The second-order valence-electron chi connectivity index (χ2n) is 8.39. The number of carbonyl (C=O) groups is 1. The quantitative estimate of drug-likeness (QED) is 0.487. The van der Waals surface area contributed by atoms with Gasteiger partial charge in [0.2, 0.25) is 0 Å². The molecule has 0 saturated carbocycles. The summed E-state index contributed by atoms with van der Waals surface area (Å²) in [6.07, 6.45) is 5.26. The number of nitrogens with zero attached hydrogens (tertiary/aromatic N) is 1. The number of furan rings is 1. The molecule has 3 heterocycles. The SMILES string of the molecule is Cc1cc([C@@H](c2ccc(C(C)C)cc2)N2CCCCC2)c(NC(=O)c2ccco2)s1. The lowest BCUT2D eigenvalue weighted by Gasteiger charge is -2.35. The Labute approximate surface area is 182 Å². The maximum absolute atomic E-state index is 12.7. The number of piperidine rings is 1. The Hall–Kier alpha value is -2.37. The molecule has 1 aromatic carbocycles. The van der Waals surface area contributed by atoms with Crippen molar-refractivity contribution in [3.8, 4) is 0 Å². The first kappa shape index (κ1) is 20.9. The van der Waals surface area contributed by atoms with Crippen molar-refractivity contribution in [2.75, 3.05) is 18.4 Å². The zero-order chi connectivity index (χ0) is 21.1. The Morgan fingerprint density at radius 1 is 1.07 bits per heavy atom. The van der Waals surface area contributed by atoms with E-state index in [1.54, 1.807) is 23.5 Å². The topological polar surface area (TPSA) is 45.5 Å². The van der Waals surface area contributed by atoms with Gasteiger partial charge in [0.05, 0.1) is 12.3 Å². The Morgan fingerprint density at radius 3 is 2.40 bits per heavy atom. The van der Waals surface area contributed by atoms with Gasteiger partial charge in [0.15, 0.2) is 5.76 Å². The Kier molecular flexibility index (Phi) is 6.40. The number of amides is 1. The highest BCUT2D eigenvalue weighted by atomic mass is 32.1. The first-order valence-corrected chi connectivity index (χ1v) is 11.6. The van der Waals surface area contributed by atoms with Gasteiger partial charge in [0.1, 0.15) is 5.00 Å². The summed E-state index contributed by atoms with van der Waals surface area (Å²) in [6.45, 7) is 8.71. The van der Waals surface area contributed by atoms with Gasteiger partial charge in [0.25, 0.3) is 5.91 Å². The third-order valence-electron chi connectivity index (χ3n) is 5.83. The third kappa shape index (κ3) is 4.52. The molecule has 0 unspecified atom stereocenters. The van der Waals surface area contributed by atoms with E-state index in [2.05, 4.69) is 61.3 Å². The van der Waals surface area contributed by atoms with Crippen molar-refractivity contribution in [2.45, 2.75) is 52.0 Å². The van der Waals surface area contributed by atoms with Crippen LogP contribution in [0.5, 0.6) is 0 Å². The largest absolute Gasteiger partial charge is 0.459 e. The molecule has 0 spiro atoms. The molecule has 0 aliphatic carbocycles. The molecule has 1 fully saturated rings. The van der Waals surface area contributed by atoms with Gasteiger partial charge in [-0.05, 0) is 68.1 Å². The smallest absolute Gasteiger partial charge is 0.291 e. The molecule has 4 rings (SSSR count). The summed E-state index contributed by atoms with van der Waals surface area (Å²) in [5, 5.41) is 4.03. The van der Waals surface area contributed by atoms with Gasteiger partial charge >= 0.3 is 0 Å². The normalized spacial score (nSPS) is 16.0. The maximum Gasteiger partial charge on any atom is 0.291 e. The van der Waals surface area contributed by atoms with E-state index in [-0.39, 0.29) is 11.9 Å². The van der Waals surface area contributed by atoms with Gasteiger partial charge in [-0.25, -0.2) is 0 Å². The van der Waals surface area contributed by atoms with E-state index in [4.69, 9.17) is 4.42 Å². The molecule has 4 nitrogen and oxygen atoms in total. The van der Waals surface area contributed by atoms with E-state index in [0.717, 1.165) is 18.1 Å². The lowest BCUT2D eigenvalue weighted by atomic mass is 9.93. The van der Waals surface area contributed by atoms with E-state index in [9.17, 15) is 4.79 Å². The molecular formula is C25H30N2O2S. The van der Waals surface area contributed by atoms with Crippen LogP contribution in [0.4, 0.5) is 5.00 Å². The van der Waals surface area contributed by atoms with Gasteiger partial charge in [-0.15, -0.1) is 11.3 Å². The van der Waals surface area contributed by atoms with Crippen LogP contribution in [-0.4, -0.2) is 23.9 Å². The van der Waals surface area contributed by atoms with Gasteiger partial charge in [-0.3, -0.25) is 9.69 Å². The second-order valence-corrected chi connectivity index (χ2v) is 9.65. The summed E-state index contributed by atoms with van der Waals surface area (Å²) in [7, 11) is 0. The third-order valence-corrected chi connectivity index (χ3v) is 6.81. The zero-order valence-corrected chi connectivity index (χ0v) is 18.8. The van der Waals surface area contributed by atoms with Crippen molar-refractivity contribution in [1.29, 1.82) is 0 Å². The van der Waals surface area contributed by atoms with E-state index < -0.39 is 0 Å². The van der Waals surface area contributed by atoms with Crippen molar-refractivity contribution < 1.29 is 9.21 Å². The molecular weight excluding hydrogens is 392 g/mol. The van der Waals surface area contributed by atoms with Crippen LogP contribution in [0.1, 0.15) is 77.2 Å². The number of hydrogen-bond acceptors (Lipinski definition) is 4. The molecule has 1 aliphatic heterocycles. The maximum atomic E-state index is 12.7. The van der Waals surface area contributed by atoms with Crippen LogP contribution < -0.4 is 5.32 Å². The molecule has 0 radical (unpaired) electrons. The van der Waals surface area contributed by atoms with Gasteiger partial charge in [-0.1, -0.05) is 44.5 Å². The molecule has 1 aliphatic rings. The molecule has 1 saturated heterocycles. The first-order valence-electron chi connectivity index (χ1n) is 10.8. The van der Waals surface area contributed by atoms with Crippen LogP contribution in [-0.2, 0) is 0 Å². The molecule has 2 aromatic heterocycles. The van der Waals surface area contributed by atoms with Crippen molar-refractivity contribution in [1.82, 2.24) is 4.90 Å². The number of rotatable bonds is 6. The van der Waals surface area contributed by atoms with E-state index >= 15 is 0 Å². The lowest BCUT2D eigenvalue weighted by Crippen LogP contribution is -2.34. The van der Waals surface area contributed by atoms with Crippen molar-refractivity contribution in [3.63, 3.8) is 0 Å². The average molecular weight is 423 g/mol. The Morgan fingerprint density at radius 2 is 1.77 bits per heavy atom. The number of nitrogens with one attached hydrogen (secondary N) is 1.